The summed E-state index contributed by atoms with van der Waals surface area (Å²) in [6.45, 7) is 6.16. The molecule has 0 radical (unpaired) electrons. The normalized spacial score (nSPS) is 22.7. The molecule has 0 bridgehead atoms. The van der Waals surface area contributed by atoms with Gasteiger partial charge in [0.2, 0.25) is 0 Å². The molecule has 4 rings (SSSR count). The Labute approximate surface area is 171 Å². The summed E-state index contributed by atoms with van der Waals surface area (Å²) in [5.74, 6) is 0.387. The third kappa shape index (κ3) is 4.26. The molecule has 8 heteroatoms. The van der Waals surface area contributed by atoms with E-state index in [9.17, 15) is 9.59 Å². The lowest BCUT2D eigenvalue weighted by atomic mass is 9.92. The molecule has 1 aromatic heterocycles. The van der Waals surface area contributed by atoms with E-state index in [0.717, 1.165) is 56.4 Å². The van der Waals surface area contributed by atoms with E-state index in [1.54, 1.807) is 0 Å². The largest absolute Gasteiger partial charge is 0.335 e. The van der Waals surface area contributed by atoms with Gasteiger partial charge in [0, 0.05) is 23.2 Å². The van der Waals surface area contributed by atoms with Crippen LogP contribution in [0.2, 0.25) is 0 Å². The van der Waals surface area contributed by atoms with Gasteiger partial charge in [-0.05, 0) is 32.1 Å². The van der Waals surface area contributed by atoms with Crippen molar-refractivity contribution in [2.75, 3.05) is 5.32 Å². The van der Waals surface area contributed by atoms with Gasteiger partial charge in [-0.25, -0.2) is 9.79 Å². The standard InChI is InChI=1S/C21H30N6O2/c1-21(2,3)16-12-17(24-20(29)22-13-8-5-4-6-9-13)27(26-16)19-23-15-11-7-10-14(15)18(28)25-19/h12-14H,4-11H2,1-3H3,(H2,22,24,29). The van der Waals surface area contributed by atoms with Gasteiger partial charge in [-0.15, -0.1) is 0 Å². The number of anilines is 1. The van der Waals surface area contributed by atoms with Crippen molar-refractivity contribution in [1.29, 1.82) is 0 Å². The molecule has 3 amide bonds. The van der Waals surface area contributed by atoms with Gasteiger partial charge in [0.25, 0.3) is 11.9 Å². The highest BCUT2D eigenvalue weighted by Gasteiger charge is 2.34. The summed E-state index contributed by atoms with van der Waals surface area (Å²) >= 11 is 0. The second-order valence-electron chi connectivity index (χ2n) is 9.31. The summed E-state index contributed by atoms with van der Waals surface area (Å²) in [5.41, 5.74) is 1.46. The third-order valence-corrected chi connectivity index (χ3v) is 5.93. The Kier molecular flexibility index (Phi) is 5.27. The summed E-state index contributed by atoms with van der Waals surface area (Å²) in [7, 11) is 0. The monoisotopic (exact) mass is 398 g/mol. The van der Waals surface area contributed by atoms with Crippen LogP contribution in [0.4, 0.5) is 10.6 Å². The number of urea groups is 1. The van der Waals surface area contributed by atoms with Crippen LogP contribution in [0.25, 0.3) is 0 Å². The first-order chi connectivity index (χ1) is 13.8. The Morgan fingerprint density at radius 1 is 1.10 bits per heavy atom. The Balaban J connectivity index is 1.60. The zero-order valence-corrected chi connectivity index (χ0v) is 17.5. The van der Waals surface area contributed by atoms with Crippen LogP contribution in [0.5, 0.6) is 0 Å². The number of carbonyl (C=O) groups excluding carboxylic acids is 2. The molecular weight excluding hydrogens is 368 g/mol. The fourth-order valence-corrected chi connectivity index (χ4v) is 4.23. The Morgan fingerprint density at radius 2 is 1.86 bits per heavy atom. The van der Waals surface area contributed by atoms with Crippen molar-refractivity contribution < 1.29 is 9.59 Å². The van der Waals surface area contributed by atoms with Gasteiger partial charge in [-0.2, -0.15) is 14.8 Å². The first-order valence-electron chi connectivity index (χ1n) is 10.7. The first-order valence-corrected chi connectivity index (χ1v) is 10.7. The van der Waals surface area contributed by atoms with Gasteiger partial charge in [0.15, 0.2) is 0 Å². The number of aliphatic imine (C=N–C) groups is 2. The van der Waals surface area contributed by atoms with Gasteiger partial charge in [0.05, 0.1) is 11.6 Å². The lowest BCUT2D eigenvalue weighted by molar-refractivity contribution is -0.119. The molecule has 1 atom stereocenters. The van der Waals surface area contributed by atoms with E-state index >= 15 is 0 Å². The lowest BCUT2D eigenvalue weighted by Gasteiger charge is -2.23. The van der Waals surface area contributed by atoms with Gasteiger partial charge in [0.1, 0.15) is 5.82 Å². The first kappa shape index (κ1) is 19.8. The number of carbonyl (C=O) groups is 2. The van der Waals surface area contributed by atoms with Crippen molar-refractivity contribution in [3.8, 4) is 0 Å². The van der Waals surface area contributed by atoms with Crippen molar-refractivity contribution in [2.45, 2.75) is 83.6 Å². The highest BCUT2D eigenvalue weighted by molar-refractivity contribution is 6.17. The number of rotatable bonds is 2. The number of nitrogens with one attached hydrogen (secondary N) is 2. The third-order valence-electron chi connectivity index (χ3n) is 5.93. The second kappa shape index (κ2) is 7.72. The minimum atomic E-state index is -0.257. The van der Waals surface area contributed by atoms with E-state index in [-0.39, 0.29) is 35.3 Å². The molecule has 2 saturated carbocycles. The van der Waals surface area contributed by atoms with Crippen LogP contribution in [-0.4, -0.2) is 39.4 Å². The summed E-state index contributed by atoms with van der Waals surface area (Å²) in [6.07, 6.45) is 8.13. The molecule has 2 N–H and O–H groups in total. The molecule has 8 nitrogen and oxygen atoms in total. The number of fused-ring (bicyclic) bond motifs is 1. The molecule has 0 aromatic carbocycles. The maximum absolute atomic E-state index is 12.6. The second-order valence-corrected chi connectivity index (χ2v) is 9.31. The summed E-state index contributed by atoms with van der Waals surface area (Å²) in [6, 6.07) is 1.79. The molecular formula is C21H30N6O2. The van der Waals surface area contributed by atoms with Crippen molar-refractivity contribution >= 4 is 29.4 Å². The van der Waals surface area contributed by atoms with E-state index in [4.69, 9.17) is 0 Å². The highest BCUT2D eigenvalue weighted by atomic mass is 16.2. The topological polar surface area (TPSA) is 101 Å². The summed E-state index contributed by atoms with van der Waals surface area (Å²) in [4.78, 5) is 33.9. The maximum atomic E-state index is 12.6. The molecule has 3 aliphatic rings. The Bertz CT molecular complexity index is 870. The quantitative estimate of drug-likeness (QED) is 0.795. The SMILES string of the molecule is CC(C)(C)c1cc(NC(=O)NC2CCCCC2)n(C2=NC(=O)C3CCCC3=N2)n1. The zero-order valence-electron chi connectivity index (χ0n) is 17.5. The number of hydrogen-bond acceptors (Lipinski definition) is 4. The van der Waals surface area contributed by atoms with Crippen LogP contribution in [0.1, 0.15) is 77.8 Å². The summed E-state index contributed by atoms with van der Waals surface area (Å²) < 4.78 is 1.50. The van der Waals surface area contributed by atoms with Crippen LogP contribution in [-0.2, 0) is 10.2 Å². The minimum absolute atomic E-state index is 0.159. The highest BCUT2D eigenvalue weighted by Crippen LogP contribution is 2.29. The summed E-state index contributed by atoms with van der Waals surface area (Å²) in [5, 5.41) is 10.6. The van der Waals surface area contributed by atoms with Crippen LogP contribution >= 0.6 is 0 Å². The molecule has 2 aliphatic carbocycles. The Hall–Kier alpha value is -2.51. The average Bonchev–Trinajstić information content (AvgIpc) is 3.29. The van der Waals surface area contributed by atoms with E-state index in [0.29, 0.717) is 5.82 Å². The van der Waals surface area contributed by atoms with Crippen molar-refractivity contribution in [3.05, 3.63) is 11.8 Å². The average molecular weight is 399 g/mol. The minimum Gasteiger partial charge on any atom is -0.335 e. The molecule has 1 aliphatic heterocycles. The molecule has 2 heterocycles. The number of amides is 3. The van der Waals surface area contributed by atoms with Gasteiger partial charge < -0.3 is 5.32 Å². The van der Waals surface area contributed by atoms with Crippen LogP contribution in [0.15, 0.2) is 16.1 Å². The molecule has 2 fully saturated rings. The smallest absolute Gasteiger partial charge is 0.320 e. The van der Waals surface area contributed by atoms with Crippen LogP contribution in [0.3, 0.4) is 0 Å². The fourth-order valence-electron chi connectivity index (χ4n) is 4.23. The number of nitrogens with zero attached hydrogens (tertiary/aromatic N) is 4. The number of aromatic nitrogens is 2. The predicted molar refractivity (Wildman–Crippen MR) is 113 cm³/mol. The van der Waals surface area contributed by atoms with Crippen molar-refractivity contribution in [3.63, 3.8) is 0 Å². The molecule has 29 heavy (non-hydrogen) atoms. The lowest BCUT2D eigenvalue weighted by Crippen LogP contribution is -2.39. The van der Waals surface area contributed by atoms with Gasteiger partial charge >= 0.3 is 6.03 Å². The molecule has 156 valence electrons. The number of hydrogen-bond donors (Lipinski definition) is 2. The van der Waals surface area contributed by atoms with Crippen molar-refractivity contribution in [2.24, 2.45) is 15.9 Å². The fraction of sp³-hybridized carbons (Fsp3) is 0.667. The zero-order chi connectivity index (χ0) is 20.6. The van der Waals surface area contributed by atoms with E-state index < -0.39 is 0 Å². The van der Waals surface area contributed by atoms with Crippen molar-refractivity contribution in [1.82, 2.24) is 15.1 Å². The maximum Gasteiger partial charge on any atom is 0.320 e. The predicted octanol–water partition coefficient (Wildman–Crippen LogP) is 3.62. The van der Waals surface area contributed by atoms with Crippen LogP contribution < -0.4 is 10.6 Å². The van der Waals surface area contributed by atoms with E-state index in [1.807, 2.05) is 6.07 Å². The van der Waals surface area contributed by atoms with Gasteiger partial charge in [-0.1, -0.05) is 40.0 Å². The molecule has 1 aromatic rings. The molecule has 1 unspecified atom stereocenters. The van der Waals surface area contributed by atoms with Gasteiger partial charge in [-0.3, -0.25) is 10.1 Å². The van der Waals surface area contributed by atoms with E-state index in [2.05, 4.69) is 46.5 Å². The molecule has 0 spiro atoms. The molecule has 0 saturated heterocycles. The van der Waals surface area contributed by atoms with E-state index in [1.165, 1.54) is 11.1 Å². The Morgan fingerprint density at radius 3 is 2.59 bits per heavy atom. The van der Waals surface area contributed by atoms with Crippen LogP contribution in [0, 0.1) is 5.92 Å².